The molecule has 156 valence electrons. The molecule has 2 aromatic rings. The van der Waals surface area contributed by atoms with E-state index in [0.29, 0.717) is 6.54 Å². The van der Waals surface area contributed by atoms with Crippen molar-refractivity contribution in [1.29, 1.82) is 0 Å². The molecular formula is C24H32FN3O. The predicted octanol–water partition coefficient (Wildman–Crippen LogP) is 3.70. The third-order valence-corrected chi connectivity index (χ3v) is 5.95. The lowest BCUT2D eigenvalue weighted by Crippen LogP contribution is -2.43. The summed E-state index contributed by atoms with van der Waals surface area (Å²) in [4.78, 5) is 17.2. The van der Waals surface area contributed by atoms with E-state index < -0.39 is 0 Å². The van der Waals surface area contributed by atoms with Crippen molar-refractivity contribution < 1.29 is 9.18 Å². The maximum atomic E-state index is 13.4. The second kappa shape index (κ2) is 10.5. The Bertz CT molecular complexity index is 757. The molecule has 0 spiro atoms. The van der Waals surface area contributed by atoms with E-state index >= 15 is 0 Å². The van der Waals surface area contributed by atoms with E-state index in [0.717, 1.165) is 49.5 Å². The van der Waals surface area contributed by atoms with Gasteiger partial charge < -0.3 is 10.2 Å². The lowest BCUT2D eigenvalue weighted by molar-refractivity contribution is -0.133. The number of amides is 1. The third kappa shape index (κ3) is 5.87. The maximum absolute atomic E-state index is 13.4. The number of halogens is 1. The van der Waals surface area contributed by atoms with Crippen molar-refractivity contribution in [3.63, 3.8) is 0 Å². The van der Waals surface area contributed by atoms with Gasteiger partial charge in [-0.05, 0) is 75.1 Å². The van der Waals surface area contributed by atoms with Crippen molar-refractivity contribution in [3.05, 3.63) is 71.5 Å². The summed E-state index contributed by atoms with van der Waals surface area (Å²) in [6.07, 6.45) is 3.51. The number of hydrogen-bond acceptors (Lipinski definition) is 3. The van der Waals surface area contributed by atoms with Crippen LogP contribution in [-0.4, -0.2) is 56.0 Å². The van der Waals surface area contributed by atoms with Crippen LogP contribution >= 0.6 is 0 Å². The van der Waals surface area contributed by atoms with Crippen LogP contribution in [0, 0.1) is 11.7 Å². The normalized spacial score (nSPS) is 16.5. The molecule has 1 N–H and O–H groups in total. The summed E-state index contributed by atoms with van der Waals surface area (Å²) in [6, 6.07) is 16.2. The molecule has 1 aliphatic rings. The lowest BCUT2D eigenvalue weighted by Gasteiger charge is -2.34. The summed E-state index contributed by atoms with van der Waals surface area (Å²) >= 11 is 0. The van der Waals surface area contributed by atoms with Gasteiger partial charge in [0.05, 0.1) is 12.6 Å². The van der Waals surface area contributed by atoms with Crippen molar-refractivity contribution in [3.8, 4) is 0 Å². The van der Waals surface area contributed by atoms with Crippen molar-refractivity contribution in [2.24, 2.45) is 5.92 Å². The number of likely N-dealkylation sites (tertiary alicyclic amines) is 1. The highest BCUT2D eigenvalue weighted by molar-refractivity contribution is 5.79. The molecule has 1 fully saturated rings. The average molecular weight is 398 g/mol. The standard InChI is InChI=1S/C24H32FN3O/c1-26-15-12-19-13-16-28(17-14-19)18-23(29)27(2)24(20-6-4-3-5-7-20)21-8-10-22(25)11-9-21/h3-11,19,24,26H,12-18H2,1-2H3. The zero-order valence-electron chi connectivity index (χ0n) is 17.5. The molecule has 4 nitrogen and oxygen atoms in total. The number of carbonyl (C=O) groups excluding carboxylic acids is 1. The van der Waals surface area contributed by atoms with Gasteiger partial charge in [0.2, 0.25) is 5.91 Å². The van der Waals surface area contributed by atoms with E-state index in [2.05, 4.69) is 10.2 Å². The highest BCUT2D eigenvalue weighted by Gasteiger charge is 2.26. The van der Waals surface area contributed by atoms with Gasteiger partial charge in [0.25, 0.3) is 0 Å². The van der Waals surface area contributed by atoms with Gasteiger partial charge in [-0.3, -0.25) is 9.69 Å². The van der Waals surface area contributed by atoms with Gasteiger partial charge in [0.1, 0.15) is 5.82 Å². The second-order valence-electron chi connectivity index (χ2n) is 7.98. The fourth-order valence-electron chi connectivity index (χ4n) is 4.15. The Morgan fingerprint density at radius 2 is 1.72 bits per heavy atom. The molecule has 1 saturated heterocycles. The quantitative estimate of drug-likeness (QED) is 0.738. The topological polar surface area (TPSA) is 35.6 Å². The van der Waals surface area contributed by atoms with Crippen LogP contribution in [0.25, 0.3) is 0 Å². The third-order valence-electron chi connectivity index (χ3n) is 5.95. The zero-order valence-corrected chi connectivity index (χ0v) is 17.5. The van der Waals surface area contributed by atoms with Crippen LogP contribution in [0.1, 0.15) is 36.4 Å². The monoisotopic (exact) mass is 397 g/mol. The van der Waals surface area contributed by atoms with E-state index in [1.165, 1.54) is 18.6 Å². The average Bonchev–Trinajstić information content (AvgIpc) is 2.75. The summed E-state index contributed by atoms with van der Waals surface area (Å²) in [6.45, 7) is 3.43. The maximum Gasteiger partial charge on any atom is 0.237 e. The summed E-state index contributed by atoms with van der Waals surface area (Å²) in [5, 5.41) is 3.22. The fraction of sp³-hybridized carbons (Fsp3) is 0.458. The molecule has 0 aromatic heterocycles. The molecule has 1 heterocycles. The molecule has 1 atom stereocenters. The number of nitrogens with one attached hydrogen (secondary N) is 1. The van der Waals surface area contributed by atoms with Crippen LogP contribution < -0.4 is 5.32 Å². The van der Waals surface area contributed by atoms with E-state index in [9.17, 15) is 9.18 Å². The number of carbonyl (C=O) groups is 1. The largest absolute Gasteiger partial charge is 0.334 e. The lowest BCUT2D eigenvalue weighted by atomic mass is 9.93. The molecule has 0 radical (unpaired) electrons. The minimum atomic E-state index is -0.268. The second-order valence-corrected chi connectivity index (χ2v) is 7.98. The first kappa shape index (κ1) is 21.5. The molecule has 1 aliphatic heterocycles. The minimum absolute atomic E-state index is 0.0943. The van der Waals surface area contributed by atoms with E-state index in [1.807, 2.05) is 44.4 Å². The van der Waals surface area contributed by atoms with Crippen molar-refractivity contribution in [2.75, 3.05) is 40.3 Å². The molecule has 1 amide bonds. The van der Waals surface area contributed by atoms with Gasteiger partial charge in [-0.2, -0.15) is 0 Å². The summed E-state index contributed by atoms with van der Waals surface area (Å²) in [7, 11) is 3.84. The van der Waals surface area contributed by atoms with Crippen LogP contribution in [0.15, 0.2) is 54.6 Å². The summed E-state index contributed by atoms with van der Waals surface area (Å²) < 4.78 is 13.4. The van der Waals surface area contributed by atoms with Crippen molar-refractivity contribution in [2.45, 2.75) is 25.3 Å². The van der Waals surface area contributed by atoms with Gasteiger partial charge >= 0.3 is 0 Å². The predicted molar refractivity (Wildman–Crippen MR) is 115 cm³/mol. The van der Waals surface area contributed by atoms with Crippen LogP contribution in [0.5, 0.6) is 0 Å². The molecule has 2 aromatic carbocycles. The van der Waals surface area contributed by atoms with E-state index in [4.69, 9.17) is 0 Å². The van der Waals surface area contributed by atoms with Gasteiger partial charge in [0, 0.05) is 7.05 Å². The molecule has 29 heavy (non-hydrogen) atoms. The summed E-state index contributed by atoms with van der Waals surface area (Å²) in [5.41, 5.74) is 1.94. The summed E-state index contributed by atoms with van der Waals surface area (Å²) in [5.74, 6) is 0.579. The number of benzene rings is 2. The van der Waals surface area contributed by atoms with E-state index in [1.54, 1.807) is 17.0 Å². The van der Waals surface area contributed by atoms with Crippen LogP contribution in [0.2, 0.25) is 0 Å². The Balaban J connectivity index is 1.67. The Kier molecular flexibility index (Phi) is 7.78. The van der Waals surface area contributed by atoms with E-state index in [-0.39, 0.29) is 17.8 Å². The van der Waals surface area contributed by atoms with Gasteiger partial charge in [-0.1, -0.05) is 42.5 Å². The number of likely N-dealkylation sites (N-methyl/N-ethyl adjacent to an activating group) is 1. The molecule has 3 rings (SSSR count). The Morgan fingerprint density at radius 1 is 1.10 bits per heavy atom. The number of nitrogens with zero attached hydrogens (tertiary/aromatic N) is 2. The van der Waals surface area contributed by atoms with Crippen molar-refractivity contribution in [1.82, 2.24) is 15.1 Å². The SMILES string of the molecule is CNCCC1CCN(CC(=O)N(C)C(c2ccccc2)c2ccc(F)cc2)CC1. The zero-order chi connectivity index (χ0) is 20.6. The first-order valence-electron chi connectivity index (χ1n) is 10.5. The van der Waals surface area contributed by atoms with Gasteiger partial charge in [-0.15, -0.1) is 0 Å². The van der Waals surface area contributed by atoms with Crippen LogP contribution in [0.3, 0.4) is 0 Å². The highest BCUT2D eigenvalue weighted by Crippen LogP contribution is 2.28. The number of hydrogen-bond donors (Lipinski definition) is 1. The number of rotatable bonds is 8. The smallest absolute Gasteiger partial charge is 0.237 e. The fourth-order valence-corrected chi connectivity index (χ4v) is 4.15. The molecule has 0 saturated carbocycles. The Morgan fingerprint density at radius 3 is 2.34 bits per heavy atom. The molecule has 0 aliphatic carbocycles. The van der Waals surface area contributed by atoms with Crippen molar-refractivity contribution >= 4 is 5.91 Å². The highest BCUT2D eigenvalue weighted by atomic mass is 19.1. The van der Waals surface area contributed by atoms with Crippen LogP contribution in [-0.2, 0) is 4.79 Å². The first-order chi connectivity index (χ1) is 14.1. The molecule has 1 unspecified atom stereocenters. The van der Waals surface area contributed by atoms with Gasteiger partial charge in [0.15, 0.2) is 0 Å². The molecule has 5 heteroatoms. The Hall–Kier alpha value is -2.24. The van der Waals surface area contributed by atoms with Gasteiger partial charge in [-0.25, -0.2) is 4.39 Å². The molecule has 0 bridgehead atoms. The molecular weight excluding hydrogens is 365 g/mol. The first-order valence-corrected chi connectivity index (χ1v) is 10.5. The minimum Gasteiger partial charge on any atom is -0.334 e. The number of piperidine rings is 1. The Labute approximate surface area is 173 Å². The van der Waals surface area contributed by atoms with Crippen LogP contribution in [0.4, 0.5) is 4.39 Å².